The minimum atomic E-state index is -4.90. The number of alkyl halides is 3. The molecular weight excluding hydrogens is 602 g/mol. The maximum atomic E-state index is 12.6. The fourth-order valence-corrected chi connectivity index (χ4v) is 6.51. The predicted molar refractivity (Wildman–Crippen MR) is 161 cm³/mol. The summed E-state index contributed by atoms with van der Waals surface area (Å²) in [5.74, 6) is 5.04. The zero-order valence-electron chi connectivity index (χ0n) is 22.9. The second kappa shape index (κ2) is 13.6. The van der Waals surface area contributed by atoms with E-state index in [0.29, 0.717) is 11.1 Å². The van der Waals surface area contributed by atoms with E-state index in [2.05, 4.69) is 36.7 Å². The van der Waals surface area contributed by atoms with Crippen LogP contribution in [0.25, 0.3) is 0 Å². The summed E-state index contributed by atoms with van der Waals surface area (Å²) < 4.78 is 37.9. The second-order valence-corrected chi connectivity index (χ2v) is 11.4. The summed E-state index contributed by atoms with van der Waals surface area (Å²) in [6.07, 6.45) is 15.4. The van der Waals surface area contributed by atoms with Crippen molar-refractivity contribution in [3.63, 3.8) is 0 Å². The minimum absolute atomic E-state index is 0. The molecular formula is C30H34Cl2F3N7O. The van der Waals surface area contributed by atoms with Crippen molar-refractivity contribution in [1.82, 2.24) is 24.8 Å². The van der Waals surface area contributed by atoms with Crippen LogP contribution in [0, 0.1) is 24.7 Å². The van der Waals surface area contributed by atoms with Gasteiger partial charge in [0.15, 0.2) is 0 Å². The first-order valence-corrected chi connectivity index (χ1v) is 14.8. The quantitative estimate of drug-likeness (QED) is 0.336. The Bertz CT molecular complexity index is 1440. The molecule has 2 fully saturated rings. The topological polar surface area (TPSA) is 78.4 Å². The highest BCUT2D eigenvalue weighted by atomic mass is 35.5. The first-order chi connectivity index (χ1) is 20.1. The van der Waals surface area contributed by atoms with Gasteiger partial charge < -0.3 is 14.7 Å². The third kappa shape index (κ3) is 6.94. The largest absolute Gasteiger partial charge is 0.471 e. The number of anilines is 2. The van der Waals surface area contributed by atoms with E-state index in [1.807, 2.05) is 0 Å². The van der Waals surface area contributed by atoms with E-state index in [9.17, 15) is 18.0 Å². The lowest BCUT2D eigenvalue weighted by Gasteiger charge is -2.40. The minimum Gasteiger partial charge on any atom is -0.342 e. The molecule has 1 amide bonds. The standard InChI is InChI=1S/C15H14ClF3N4O.C14H16ClN3.CH4/c1-2-9-8-22(13(24)15(17,18)19)6-7-23(9)12-10-4-3-5-11(10)20-14(16)21-12;1-2-10-6-3-4-9-18(10)13-11-7-5-8-12(11)16-14(15)17-13;/h1,9H,3-8H2;1,10H,3-9H2;1H4/t9-;10-;/m00./s1. The van der Waals surface area contributed by atoms with Crippen LogP contribution in [0.15, 0.2) is 0 Å². The van der Waals surface area contributed by atoms with E-state index in [4.69, 9.17) is 36.0 Å². The summed E-state index contributed by atoms with van der Waals surface area (Å²) in [7, 11) is 0. The molecule has 0 N–H and O–H groups in total. The van der Waals surface area contributed by atoms with E-state index < -0.39 is 18.1 Å². The van der Waals surface area contributed by atoms with E-state index in [1.54, 1.807) is 4.90 Å². The number of carbonyl (C=O) groups excluding carboxylic acids is 1. The van der Waals surface area contributed by atoms with Crippen molar-refractivity contribution in [2.24, 2.45) is 0 Å². The first kappa shape index (κ1) is 32.6. The molecule has 4 heterocycles. The third-order valence-corrected chi connectivity index (χ3v) is 8.45. The lowest BCUT2D eigenvalue weighted by Crippen LogP contribution is -2.57. The van der Waals surface area contributed by atoms with Crippen LogP contribution >= 0.6 is 23.2 Å². The average Bonchev–Trinajstić information content (AvgIpc) is 3.65. The van der Waals surface area contributed by atoms with Crippen LogP contribution in [-0.4, -0.2) is 75.2 Å². The van der Waals surface area contributed by atoms with Crippen molar-refractivity contribution in [3.8, 4) is 24.7 Å². The molecule has 2 aromatic rings. The number of piperidine rings is 1. The molecule has 8 nitrogen and oxygen atoms in total. The van der Waals surface area contributed by atoms with Gasteiger partial charge in [-0.1, -0.05) is 19.3 Å². The normalized spacial score (nSPS) is 21.0. The van der Waals surface area contributed by atoms with E-state index in [1.165, 1.54) is 18.4 Å². The molecule has 2 atom stereocenters. The number of rotatable bonds is 2. The maximum Gasteiger partial charge on any atom is 0.471 e. The number of hydrogen-bond acceptors (Lipinski definition) is 7. The van der Waals surface area contributed by atoms with Crippen molar-refractivity contribution >= 4 is 40.7 Å². The van der Waals surface area contributed by atoms with Crippen LogP contribution in [0.5, 0.6) is 0 Å². The molecule has 6 rings (SSSR count). The van der Waals surface area contributed by atoms with E-state index in [-0.39, 0.29) is 38.4 Å². The van der Waals surface area contributed by atoms with Crippen LogP contribution in [0.1, 0.15) is 62.0 Å². The van der Waals surface area contributed by atoms with Crippen molar-refractivity contribution < 1.29 is 18.0 Å². The van der Waals surface area contributed by atoms with Gasteiger partial charge in [-0.2, -0.15) is 13.2 Å². The monoisotopic (exact) mass is 635 g/mol. The lowest BCUT2D eigenvalue weighted by atomic mass is 10.0. The maximum absolute atomic E-state index is 12.6. The molecule has 4 aliphatic rings. The number of amides is 1. The predicted octanol–water partition coefficient (Wildman–Crippen LogP) is 5.08. The number of aryl methyl sites for hydroxylation is 2. The second-order valence-electron chi connectivity index (χ2n) is 10.7. The van der Waals surface area contributed by atoms with Gasteiger partial charge in [0.1, 0.15) is 17.7 Å². The molecule has 2 aliphatic heterocycles. The summed E-state index contributed by atoms with van der Waals surface area (Å²) in [6, 6.07) is -0.532. The fraction of sp³-hybridized carbons (Fsp3) is 0.567. The highest BCUT2D eigenvalue weighted by Gasteiger charge is 2.45. The molecule has 13 heteroatoms. The van der Waals surface area contributed by atoms with Crippen molar-refractivity contribution in [3.05, 3.63) is 33.1 Å². The summed E-state index contributed by atoms with van der Waals surface area (Å²) in [6.45, 7) is 0.864. The Kier molecular flexibility index (Phi) is 10.3. The molecule has 0 aromatic carbocycles. The van der Waals surface area contributed by atoms with Crippen LogP contribution in [-0.2, 0) is 30.5 Å². The number of fused-ring (bicyclic) bond motifs is 2. The number of terminal acetylenes is 2. The van der Waals surface area contributed by atoms with Gasteiger partial charge in [0.05, 0.1) is 24.0 Å². The first-order valence-electron chi connectivity index (χ1n) is 14.0. The molecule has 0 spiro atoms. The lowest BCUT2D eigenvalue weighted by molar-refractivity contribution is -0.186. The molecule has 0 saturated carbocycles. The van der Waals surface area contributed by atoms with Crippen molar-refractivity contribution in [1.29, 1.82) is 0 Å². The van der Waals surface area contributed by atoms with Crippen molar-refractivity contribution in [2.45, 2.75) is 83.5 Å². The molecule has 0 radical (unpaired) electrons. The summed E-state index contributed by atoms with van der Waals surface area (Å²) >= 11 is 12.0. The summed E-state index contributed by atoms with van der Waals surface area (Å²) in [5, 5.41) is 0.446. The zero-order chi connectivity index (χ0) is 30.0. The Hall–Kier alpha value is -3.28. The Morgan fingerprint density at radius 1 is 0.767 bits per heavy atom. The van der Waals surface area contributed by atoms with E-state index >= 15 is 0 Å². The molecule has 0 bridgehead atoms. The van der Waals surface area contributed by atoms with Crippen LogP contribution in [0.2, 0.25) is 10.6 Å². The van der Waals surface area contributed by atoms with Crippen LogP contribution < -0.4 is 9.80 Å². The van der Waals surface area contributed by atoms with Gasteiger partial charge in [0.25, 0.3) is 0 Å². The molecule has 43 heavy (non-hydrogen) atoms. The summed E-state index contributed by atoms with van der Waals surface area (Å²) in [4.78, 5) is 33.4. The molecule has 2 aliphatic carbocycles. The average molecular weight is 637 g/mol. The number of hydrogen-bond donors (Lipinski definition) is 0. The molecule has 2 saturated heterocycles. The number of halogens is 5. The van der Waals surface area contributed by atoms with Gasteiger partial charge in [-0.15, -0.1) is 12.8 Å². The SMILES string of the molecule is C.C#C[C@H]1CCCCN1c1nc(Cl)nc2c1CCC2.C#C[C@H]1CN(C(=O)C(F)(F)F)CCN1c1nc(Cl)nc2c1CCC2. The van der Waals surface area contributed by atoms with E-state index in [0.717, 1.165) is 79.2 Å². The van der Waals surface area contributed by atoms with Crippen LogP contribution in [0.4, 0.5) is 24.8 Å². The highest BCUT2D eigenvalue weighted by Crippen LogP contribution is 2.34. The fourth-order valence-electron chi connectivity index (χ4n) is 6.14. The number of nitrogens with zero attached hydrogens (tertiary/aromatic N) is 7. The Labute approximate surface area is 260 Å². The van der Waals surface area contributed by atoms with Gasteiger partial charge in [-0.05, 0) is 81.0 Å². The highest BCUT2D eigenvalue weighted by molar-refractivity contribution is 6.28. The number of aromatic nitrogens is 4. The Balaban J connectivity index is 0.000000199. The zero-order valence-corrected chi connectivity index (χ0v) is 24.4. The Morgan fingerprint density at radius 2 is 1.30 bits per heavy atom. The van der Waals surface area contributed by atoms with Crippen molar-refractivity contribution in [2.75, 3.05) is 36.0 Å². The molecule has 2 aromatic heterocycles. The molecule has 230 valence electrons. The number of carbonyl (C=O) groups is 1. The number of piperazine rings is 1. The Morgan fingerprint density at radius 3 is 1.81 bits per heavy atom. The van der Waals surface area contributed by atoms with Gasteiger partial charge in [0, 0.05) is 30.8 Å². The molecule has 0 unspecified atom stereocenters. The van der Waals surface area contributed by atoms with Crippen LogP contribution in [0.3, 0.4) is 0 Å². The van der Waals surface area contributed by atoms with Gasteiger partial charge in [-0.3, -0.25) is 4.79 Å². The smallest absolute Gasteiger partial charge is 0.342 e. The third-order valence-electron chi connectivity index (χ3n) is 8.11. The summed E-state index contributed by atoms with van der Waals surface area (Å²) in [5.41, 5.74) is 4.18. The van der Waals surface area contributed by atoms with Gasteiger partial charge in [-0.25, -0.2) is 19.9 Å². The van der Waals surface area contributed by atoms with Gasteiger partial charge in [0.2, 0.25) is 10.6 Å². The van der Waals surface area contributed by atoms with Gasteiger partial charge >= 0.3 is 12.1 Å².